The van der Waals surface area contributed by atoms with Gasteiger partial charge in [-0.15, -0.1) is 0 Å². The van der Waals surface area contributed by atoms with Crippen molar-refractivity contribution in [2.45, 2.75) is 49.3 Å². The normalized spacial score (nSPS) is 51.0. The number of nitrogens with one attached hydrogen (secondary N) is 3. The highest BCUT2D eigenvalue weighted by Gasteiger charge is 2.55. The van der Waals surface area contributed by atoms with E-state index in [1.807, 2.05) is 0 Å². The highest BCUT2D eigenvalue weighted by molar-refractivity contribution is 5.84. The van der Waals surface area contributed by atoms with Crippen LogP contribution in [0.15, 0.2) is 0 Å². The summed E-state index contributed by atoms with van der Waals surface area (Å²) in [5, 5.41) is 37.4. The first-order chi connectivity index (χ1) is 9.93. The fraction of sp³-hybridized carbons (Fsp3) is 0.900. The van der Waals surface area contributed by atoms with Gasteiger partial charge in [-0.3, -0.25) is 21.2 Å². The summed E-state index contributed by atoms with van der Waals surface area (Å²) < 4.78 is 5.45. The lowest BCUT2D eigenvalue weighted by atomic mass is 10.1. The number of carbonyl (C=O) groups excluding carboxylic acids is 1. The van der Waals surface area contributed by atoms with Crippen LogP contribution in [0.5, 0.6) is 0 Å². The summed E-state index contributed by atoms with van der Waals surface area (Å²) in [6, 6.07) is -0.666. The molecule has 11 heteroatoms. The molecule has 0 bridgehead atoms. The number of ether oxygens (including phenoxy) is 1. The zero-order valence-corrected chi connectivity index (χ0v) is 11.1. The molecule has 8 atom stereocenters. The number of rotatable bonds is 2. The lowest BCUT2D eigenvalue weighted by molar-refractivity contribution is -0.136. The molecule has 10 N–H and O–H groups in total. The number of aliphatic hydroxyl groups excluding tert-OH is 3. The molecule has 0 spiro atoms. The molecule has 3 saturated heterocycles. The van der Waals surface area contributed by atoms with Crippen LogP contribution in [0, 0.1) is 0 Å². The standard InChI is InChI=1S/C10H20N6O5/c11-9-14-6-3(7(20)15-9)13-10(12)16(6)8-5(19)4(18)2(1-17)21-8/h2-6,8-10,13-14,17-19H,1,11-12H2,(H,15,20)/t2-,3?,4-,5-,6?,8-,9?,10?/m1/s1. The van der Waals surface area contributed by atoms with Gasteiger partial charge in [0, 0.05) is 0 Å². The van der Waals surface area contributed by atoms with Crippen molar-refractivity contribution < 1.29 is 24.9 Å². The highest BCUT2D eigenvalue weighted by atomic mass is 16.6. The lowest BCUT2D eigenvalue weighted by Gasteiger charge is -2.38. The van der Waals surface area contributed by atoms with Crippen LogP contribution < -0.4 is 27.4 Å². The van der Waals surface area contributed by atoms with Gasteiger partial charge in [-0.2, -0.15) is 0 Å². The van der Waals surface area contributed by atoms with Crippen LogP contribution in [0.4, 0.5) is 0 Å². The number of aliphatic hydroxyl groups is 3. The van der Waals surface area contributed by atoms with Crippen molar-refractivity contribution in [3.8, 4) is 0 Å². The molecule has 120 valence electrons. The first kappa shape index (κ1) is 15.0. The largest absolute Gasteiger partial charge is 0.394 e. The van der Waals surface area contributed by atoms with Crippen molar-refractivity contribution in [1.82, 2.24) is 20.9 Å². The van der Waals surface area contributed by atoms with E-state index in [4.69, 9.17) is 21.3 Å². The monoisotopic (exact) mass is 304 g/mol. The van der Waals surface area contributed by atoms with Crippen LogP contribution in [0.25, 0.3) is 0 Å². The van der Waals surface area contributed by atoms with Crippen molar-refractivity contribution in [3.63, 3.8) is 0 Å². The molecule has 4 unspecified atom stereocenters. The van der Waals surface area contributed by atoms with Gasteiger partial charge < -0.3 is 31.1 Å². The number of carbonyl (C=O) groups is 1. The molecule has 3 aliphatic rings. The van der Waals surface area contributed by atoms with Gasteiger partial charge in [-0.1, -0.05) is 0 Å². The molecule has 0 aromatic heterocycles. The van der Waals surface area contributed by atoms with Crippen molar-refractivity contribution in [3.05, 3.63) is 0 Å². The van der Waals surface area contributed by atoms with Crippen LogP contribution in [0.3, 0.4) is 0 Å². The Hall–Kier alpha value is -0.890. The van der Waals surface area contributed by atoms with E-state index in [-0.39, 0.29) is 5.91 Å². The fourth-order valence-electron chi connectivity index (χ4n) is 3.02. The third kappa shape index (κ3) is 2.32. The summed E-state index contributed by atoms with van der Waals surface area (Å²) in [7, 11) is 0. The van der Waals surface area contributed by atoms with Gasteiger partial charge in [0.05, 0.1) is 12.8 Å². The summed E-state index contributed by atoms with van der Waals surface area (Å²) in [6.07, 6.45) is -6.54. The van der Waals surface area contributed by atoms with Crippen LogP contribution in [0.2, 0.25) is 0 Å². The molecule has 3 rings (SSSR count). The maximum absolute atomic E-state index is 11.9. The Morgan fingerprint density at radius 3 is 2.57 bits per heavy atom. The van der Waals surface area contributed by atoms with E-state index in [1.165, 1.54) is 4.90 Å². The zero-order valence-electron chi connectivity index (χ0n) is 11.1. The Bertz CT molecular complexity index is 427. The van der Waals surface area contributed by atoms with Gasteiger partial charge in [-0.05, 0) is 0 Å². The quantitative estimate of drug-likeness (QED) is 0.245. The second-order valence-corrected chi connectivity index (χ2v) is 5.36. The summed E-state index contributed by atoms with van der Waals surface area (Å²) >= 11 is 0. The molecule has 0 aromatic carbocycles. The van der Waals surface area contributed by atoms with E-state index in [1.54, 1.807) is 0 Å². The molecule has 21 heavy (non-hydrogen) atoms. The Morgan fingerprint density at radius 1 is 1.24 bits per heavy atom. The Labute approximate surface area is 120 Å². The molecule has 3 heterocycles. The van der Waals surface area contributed by atoms with Crippen molar-refractivity contribution in [1.29, 1.82) is 0 Å². The SMILES string of the molecule is NC1NC(=O)C2NC(N)N([C@@H]3O[C@H](CO)[C@@H](O)[C@H]3O)C2N1. The maximum Gasteiger partial charge on any atom is 0.242 e. The summed E-state index contributed by atoms with van der Waals surface area (Å²) in [5.74, 6) is -0.323. The fourth-order valence-corrected chi connectivity index (χ4v) is 3.02. The maximum atomic E-state index is 11.9. The minimum Gasteiger partial charge on any atom is -0.394 e. The Kier molecular flexibility index (Phi) is 3.85. The van der Waals surface area contributed by atoms with Crippen molar-refractivity contribution in [2.75, 3.05) is 6.61 Å². The smallest absolute Gasteiger partial charge is 0.242 e. The van der Waals surface area contributed by atoms with Gasteiger partial charge in [0.2, 0.25) is 5.91 Å². The summed E-state index contributed by atoms with van der Waals surface area (Å²) in [6.45, 7) is -0.438. The summed E-state index contributed by atoms with van der Waals surface area (Å²) in [4.78, 5) is 13.4. The molecule has 1 amide bonds. The molecule has 0 aliphatic carbocycles. The van der Waals surface area contributed by atoms with E-state index in [9.17, 15) is 15.0 Å². The van der Waals surface area contributed by atoms with E-state index < -0.39 is 55.9 Å². The van der Waals surface area contributed by atoms with Crippen LogP contribution in [-0.4, -0.2) is 82.1 Å². The Balaban J connectivity index is 1.83. The van der Waals surface area contributed by atoms with E-state index >= 15 is 0 Å². The average molecular weight is 304 g/mol. The second-order valence-electron chi connectivity index (χ2n) is 5.36. The number of nitrogens with zero attached hydrogens (tertiary/aromatic N) is 1. The van der Waals surface area contributed by atoms with E-state index in [0.29, 0.717) is 0 Å². The third-order valence-corrected chi connectivity index (χ3v) is 4.05. The van der Waals surface area contributed by atoms with Crippen LogP contribution >= 0.6 is 0 Å². The minimum atomic E-state index is -1.27. The van der Waals surface area contributed by atoms with Gasteiger partial charge in [-0.25, -0.2) is 4.90 Å². The minimum absolute atomic E-state index is 0.323. The van der Waals surface area contributed by atoms with Crippen LogP contribution in [0.1, 0.15) is 0 Å². The van der Waals surface area contributed by atoms with E-state index in [0.717, 1.165) is 0 Å². The molecular weight excluding hydrogens is 284 g/mol. The van der Waals surface area contributed by atoms with Crippen LogP contribution in [-0.2, 0) is 9.53 Å². The second kappa shape index (κ2) is 5.39. The predicted molar refractivity (Wildman–Crippen MR) is 67.5 cm³/mol. The van der Waals surface area contributed by atoms with Crippen molar-refractivity contribution in [2.24, 2.45) is 11.5 Å². The number of fused-ring (bicyclic) bond motifs is 1. The molecular formula is C10H20N6O5. The molecule has 0 radical (unpaired) electrons. The number of hydrogen-bond donors (Lipinski definition) is 8. The van der Waals surface area contributed by atoms with Gasteiger partial charge in [0.25, 0.3) is 0 Å². The number of nitrogens with two attached hydrogens (primary N) is 2. The summed E-state index contributed by atoms with van der Waals surface area (Å²) in [5.41, 5.74) is 11.6. The van der Waals surface area contributed by atoms with E-state index in [2.05, 4.69) is 16.0 Å². The first-order valence-electron chi connectivity index (χ1n) is 6.67. The first-order valence-corrected chi connectivity index (χ1v) is 6.67. The molecule has 11 nitrogen and oxygen atoms in total. The highest BCUT2D eigenvalue weighted by Crippen LogP contribution is 2.29. The van der Waals surface area contributed by atoms with Gasteiger partial charge in [0.1, 0.15) is 43.2 Å². The third-order valence-electron chi connectivity index (χ3n) is 4.05. The lowest BCUT2D eigenvalue weighted by Crippen LogP contribution is -2.71. The molecule has 3 fully saturated rings. The van der Waals surface area contributed by atoms with Gasteiger partial charge in [0.15, 0.2) is 0 Å². The average Bonchev–Trinajstić information content (AvgIpc) is 2.89. The molecule has 0 saturated carbocycles. The number of amides is 1. The van der Waals surface area contributed by atoms with Crippen molar-refractivity contribution >= 4 is 5.91 Å². The van der Waals surface area contributed by atoms with Gasteiger partial charge >= 0.3 is 0 Å². The predicted octanol–water partition coefficient (Wildman–Crippen LogP) is -5.77. The Morgan fingerprint density at radius 2 is 1.95 bits per heavy atom. The molecule has 0 aromatic rings. The number of hydrogen-bond acceptors (Lipinski definition) is 10. The molecule has 3 aliphatic heterocycles. The topological polar surface area (TPSA) is 178 Å². The zero-order chi connectivity index (χ0) is 15.3.